The van der Waals surface area contributed by atoms with E-state index in [0.717, 1.165) is 25.9 Å². The Morgan fingerprint density at radius 2 is 2.33 bits per heavy atom. The van der Waals surface area contributed by atoms with Gasteiger partial charge in [-0.05, 0) is 50.0 Å². The standard InChI is InChI=1S/C15H21ClN2O2.ClH/c1-2-7-20-14-4-3-12(16)9-13(14)18-15(19)8-11-5-6-17-10-11;/h3-4,9,11,17H,2,5-8,10H2,1H3,(H,18,19);1H. The average Bonchev–Trinajstić information content (AvgIpc) is 2.90. The number of ether oxygens (including phenoxy) is 1. The summed E-state index contributed by atoms with van der Waals surface area (Å²) in [5, 5.41) is 6.76. The minimum absolute atomic E-state index is 0. The second-order valence-electron chi connectivity index (χ2n) is 5.10. The van der Waals surface area contributed by atoms with E-state index in [-0.39, 0.29) is 18.3 Å². The van der Waals surface area contributed by atoms with E-state index in [4.69, 9.17) is 16.3 Å². The van der Waals surface area contributed by atoms with E-state index in [9.17, 15) is 4.79 Å². The van der Waals surface area contributed by atoms with Crippen molar-refractivity contribution in [2.24, 2.45) is 5.92 Å². The number of benzene rings is 1. The van der Waals surface area contributed by atoms with Crippen molar-refractivity contribution in [1.29, 1.82) is 0 Å². The molecule has 21 heavy (non-hydrogen) atoms. The van der Waals surface area contributed by atoms with Gasteiger partial charge in [-0.1, -0.05) is 18.5 Å². The molecule has 4 nitrogen and oxygen atoms in total. The Morgan fingerprint density at radius 1 is 1.52 bits per heavy atom. The summed E-state index contributed by atoms with van der Waals surface area (Å²) in [6.45, 7) is 4.58. The molecule has 1 heterocycles. The maximum absolute atomic E-state index is 12.1. The van der Waals surface area contributed by atoms with Gasteiger partial charge in [0, 0.05) is 11.4 Å². The molecule has 0 aliphatic carbocycles. The zero-order valence-corrected chi connectivity index (χ0v) is 13.7. The number of rotatable bonds is 6. The van der Waals surface area contributed by atoms with Crippen LogP contribution in [0.2, 0.25) is 5.02 Å². The molecule has 0 saturated carbocycles. The minimum atomic E-state index is 0. The monoisotopic (exact) mass is 332 g/mol. The maximum Gasteiger partial charge on any atom is 0.224 e. The Kier molecular flexibility index (Phi) is 7.86. The van der Waals surface area contributed by atoms with Gasteiger partial charge in [-0.3, -0.25) is 4.79 Å². The van der Waals surface area contributed by atoms with Crippen molar-refractivity contribution in [2.75, 3.05) is 25.0 Å². The molecule has 1 saturated heterocycles. The van der Waals surface area contributed by atoms with Crippen LogP contribution in [0.5, 0.6) is 5.75 Å². The van der Waals surface area contributed by atoms with Crippen LogP contribution in [0.3, 0.4) is 0 Å². The minimum Gasteiger partial charge on any atom is -0.491 e. The molecule has 0 spiro atoms. The number of carbonyl (C=O) groups is 1. The van der Waals surface area contributed by atoms with E-state index >= 15 is 0 Å². The molecular weight excluding hydrogens is 311 g/mol. The van der Waals surface area contributed by atoms with E-state index in [1.54, 1.807) is 18.2 Å². The van der Waals surface area contributed by atoms with Crippen molar-refractivity contribution >= 4 is 35.6 Å². The highest BCUT2D eigenvalue weighted by Gasteiger charge is 2.18. The fourth-order valence-electron chi connectivity index (χ4n) is 2.29. The summed E-state index contributed by atoms with van der Waals surface area (Å²) < 4.78 is 5.63. The molecule has 1 aliphatic heterocycles. The summed E-state index contributed by atoms with van der Waals surface area (Å²) >= 11 is 5.99. The molecule has 6 heteroatoms. The predicted molar refractivity (Wildman–Crippen MR) is 88.7 cm³/mol. The third-order valence-electron chi connectivity index (χ3n) is 3.31. The number of carbonyl (C=O) groups excluding carboxylic acids is 1. The van der Waals surface area contributed by atoms with Gasteiger partial charge in [-0.25, -0.2) is 0 Å². The van der Waals surface area contributed by atoms with Gasteiger partial charge in [-0.2, -0.15) is 0 Å². The van der Waals surface area contributed by atoms with Crippen LogP contribution in [-0.2, 0) is 4.79 Å². The van der Waals surface area contributed by atoms with Crippen LogP contribution in [0, 0.1) is 5.92 Å². The molecule has 2 rings (SSSR count). The Hall–Kier alpha value is -0.970. The zero-order chi connectivity index (χ0) is 14.4. The van der Waals surface area contributed by atoms with E-state index in [1.165, 1.54) is 0 Å². The van der Waals surface area contributed by atoms with Crippen LogP contribution in [-0.4, -0.2) is 25.6 Å². The molecule has 2 N–H and O–H groups in total. The number of anilines is 1. The van der Waals surface area contributed by atoms with Gasteiger partial charge < -0.3 is 15.4 Å². The predicted octanol–water partition coefficient (Wildman–Crippen LogP) is 3.49. The van der Waals surface area contributed by atoms with Crippen LogP contribution in [0.15, 0.2) is 18.2 Å². The SMILES string of the molecule is CCCOc1ccc(Cl)cc1NC(=O)CC1CCNC1.Cl. The number of halogens is 2. The van der Waals surface area contributed by atoms with Crippen molar-refractivity contribution in [3.8, 4) is 5.75 Å². The largest absolute Gasteiger partial charge is 0.491 e. The van der Waals surface area contributed by atoms with Crippen molar-refractivity contribution in [3.05, 3.63) is 23.2 Å². The lowest BCUT2D eigenvalue weighted by atomic mass is 10.0. The molecule has 0 bridgehead atoms. The Bertz CT molecular complexity index is 463. The Balaban J connectivity index is 0.00000220. The fourth-order valence-corrected chi connectivity index (χ4v) is 2.46. The van der Waals surface area contributed by atoms with Crippen LogP contribution in [0.25, 0.3) is 0 Å². The van der Waals surface area contributed by atoms with E-state index in [0.29, 0.717) is 35.4 Å². The van der Waals surface area contributed by atoms with Crippen LogP contribution >= 0.6 is 24.0 Å². The van der Waals surface area contributed by atoms with Gasteiger partial charge in [0.05, 0.1) is 12.3 Å². The average molecular weight is 333 g/mol. The second kappa shape index (κ2) is 9.13. The summed E-state index contributed by atoms with van der Waals surface area (Å²) in [5.74, 6) is 1.12. The molecule has 1 amide bonds. The molecule has 1 fully saturated rings. The maximum atomic E-state index is 12.1. The van der Waals surface area contributed by atoms with Crippen LogP contribution < -0.4 is 15.4 Å². The Labute approximate surface area is 137 Å². The van der Waals surface area contributed by atoms with E-state index < -0.39 is 0 Å². The Morgan fingerprint density at radius 3 is 3.00 bits per heavy atom. The third-order valence-corrected chi connectivity index (χ3v) is 3.55. The topological polar surface area (TPSA) is 50.4 Å². The smallest absolute Gasteiger partial charge is 0.224 e. The number of hydrogen-bond acceptors (Lipinski definition) is 3. The quantitative estimate of drug-likeness (QED) is 0.838. The van der Waals surface area contributed by atoms with Crippen LogP contribution in [0.4, 0.5) is 5.69 Å². The first-order chi connectivity index (χ1) is 9.69. The highest BCUT2D eigenvalue weighted by molar-refractivity contribution is 6.31. The molecule has 1 aliphatic rings. The normalized spacial score (nSPS) is 17.1. The van der Waals surface area contributed by atoms with Crippen molar-refractivity contribution in [2.45, 2.75) is 26.2 Å². The third kappa shape index (κ3) is 5.73. The molecule has 1 atom stereocenters. The molecule has 0 radical (unpaired) electrons. The molecular formula is C15H22Cl2N2O2. The molecule has 1 unspecified atom stereocenters. The van der Waals surface area contributed by atoms with E-state index in [1.807, 2.05) is 6.92 Å². The molecule has 1 aromatic rings. The van der Waals surface area contributed by atoms with Gasteiger partial charge in [0.1, 0.15) is 5.75 Å². The number of nitrogens with one attached hydrogen (secondary N) is 2. The molecule has 0 aromatic heterocycles. The first kappa shape index (κ1) is 18.1. The van der Waals surface area contributed by atoms with Gasteiger partial charge in [-0.15, -0.1) is 12.4 Å². The zero-order valence-electron chi connectivity index (χ0n) is 12.2. The lowest BCUT2D eigenvalue weighted by molar-refractivity contribution is -0.117. The van der Waals surface area contributed by atoms with E-state index in [2.05, 4.69) is 10.6 Å². The summed E-state index contributed by atoms with van der Waals surface area (Å²) in [5.41, 5.74) is 0.655. The summed E-state index contributed by atoms with van der Waals surface area (Å²) in [6.07, 6.45) is 2.51. The number of hydrogen-bond donors (Lipinski definition) is 2. The fraction of sp³-hybridized carbons (Fsp3) is 0.533. The van der Waals surface area contributed by atoms with Gasteiger partial charge in [0.25, 0.3) is 0 Å². The highest BCUT2D eigenvalue weighted by atomic mass is 35.5. The van der Waals surface area contributed by atoms with Crippen LogP contribution in [0.1, 0.15) is 26.2 Å². The lowest BCUT2D eigenvalue weighted by Gasteiger charge is -2.14. The van der Waals surface area contributed by atoms with Crippen molar-refractivity contribution in [1.82, 2.24) is 5.32 Å². The highest BCUT2D eigenvalue weighted by Crippen LogP contribution is 2.28. The van der Waals surface area contributed by atoms with Crippen molar-refractivity contribution < 1.29 is 9.53 Å². The first-order valence-electron chi connectivity index (χ1n) is 7.12. The van der Waals surface area contributed by atoms with Gasteiger partial charge in [0.2, 0.25) is 5.91 Å². The summed E-state index contributed by atoms with van der Waals surface area (Å²) in [4.78, 5) is 12.1. The first-order valence-corrected chi connectivity index (χ1v) is 7.49. The summed E-state index contributed by atoms with van der Waals surface area (Å²) in [7, 11) is 0. The van der Waals surface area contributed by atoms with Crippen molar-refractivity contribution in [3.63, 3.8) is 0 Å². The number of amides is 1. The second-order valence-corrected chi connectivity index (χ2v) is 5.54. The lowest BCUT2D eigenvalue weighted by Crippen LogP contribution is -2.18. The summed E-state index contributed by atoms with van der Waals surface area (Å²) in [6, 6.07) is 5.30. The molecule has 118 valence electrons. The molecule has 1 aromatic carbocycles. The van der Waals surface area contributed by atoms with Gasteiger partial charge >= 0.3 is 0 Å². The van der Waals surface area contributed by atoms with Gasteiger partial charge in [0.15, 0.2) is 0 Å².